The third-order valence-electron chi connectivity index (χ3n) is 6.64. The maximum Gasteiger partial charge on any atom is 0.303 e. The van der Waals surface area contributed by atoms with Gasteiger partial charge in [-0.3, -0.25) is 4.79 Å². The lowest BCUT2D eigenvalue weighted by molar-refractivity contribution is -0.137. The largest absolute Gasteiger partial charge is 0.481 e. The molecule has 3 rings (SSSR count). The Hall–Kier alpha value is -2.14. The molecular weight excluding hydrogens is 436 g/mol. The van der Waals surface area contributed by atoms with Crippen LogP contribution in [-0.4, -0.2) is 32.8 Å². The average Bonchev–Trinajstić information content (AvgIpc) is 3.09. The van der Waals surface area contributed by atoms with Gasteiger partial charge in [0.15, 0.2) is 0 Å². The SMILES string of the molecule is O=C(O)CCCC=CC[C@@H]1[C@@H](c2ccc(C(O)CCCc3ccccc3)cc2)[C@H](O)C[C@H]1Cl. The Kier molecular flexibility index (Phi) is 9.98. The molecule has 0 bridgehead atoms. The van der Waals surface area contributed by atoms with Crippen LogP contribution in [0.15, 0.2) is 66.7 Å². The Morgan fingerprint density at radius 1 is 1.06 bits per heavy atom. The zero-order valence-electron chi connectivity index (χ0n) is 19.0. The molecule has 0 aromatic heterocycles. The van der Waals surface area contributed by atoms with E-state index in [2.05, 4.69) is 18.2 Å². The molecule has 1 unspecified atom stereocenters. The number of carbonyl (C=O) groups is 1. The standard InChI is InChI=1S/C28H35ClO4/c29-24-19-26(31)28(23(24)12-6-1-2-7-14-27(32)33)22-17-15-21(16-18-22)25(30)13-8-11-20-9-4-3-5-10-20/h1,3-6,9-10,15-18,23-26,28,30-31H,2,7-8,11-14,19H2,(H,32,33)/t23-,24+,25?,26+,28+/m0/s1. The Morgan fingerprint density at radius 2 is 1.79 bits per heavy atom. The summed E-state index contributed by atoms with van der Waals surface area (Å²) in [4.78, 5) is 10.6. The fraction of sp³-hybridized carbons (Fsp3) is 0.464. The first-order chi connectivity index (χ1) is 16.0. The number of carboxylic acid groups (broad SMARTS) is 1. The molecule has 0 aliphatic heterocycles. The van der Waals surface area contributed by atoms with Gasteiger partial charge in [-0.2, -0.15) is 0 Å². The zero-order valence-corrected chi connectivity index (χ0v) is 19.8. The molecule has 33 heavy (non-hydrogen) atoms. The Morgan fingerprint density at radius 3 is 2.48 bits per heavy atom. The van der Waals surface area contributed by atoms with E-state index in [0.29, 0.717) is 19.3 Å². The molecule has 2 aromatic carbocycles. The summed E-state index contributed by atoms with van der Waals surface area (Å²) in [5.41, 5.74) is 3.24. The van der Waals surface area contributed by atoms with Crippen molar-refractivity contribution in [3.8, 4) is 0 Å². The van der Waals surface area contributed by atoms with Gasteiger partial charge in [0, 0.05) is 17.7 Å². The fourth-order valence-corrected chi connectivity index (χ4v) is 5.26. The highest BCUT2D eigenvalue weighted by molar-refractivity contribution is 6.21. The fourth-order valence-electron chi connectivity index (χ4n) is 4.82. The predicted octanol–water partition coefficient (Wildman–Crippen LogP) is 6.02. The van der Waals surface area contributed by atoms with Crippen molar-refractivity contribution in [1.82, 2.24) is 0 Å². The summed E-state index contributed by atoms with van der Waals surface area (Å²) in [5, 5.41) is 29.9. The molecular formula is C28H35ClO4. The Balaban J connectivity index is 1.54. The van der Waals surface area contributed by atoms with Crippen molar-refractivity contribution in [2.75, 3.05) is 0 Å². The molecule has 5 atom stereocenters. The number of aryl methyl sites for hydroxylation is 1. The molecule has 1 aliphatic carbocycles. The van der Waals surface area contributed by atoms with Crippen LogP contribution < -0.4 is 0 Å². The topological polar surface area (TPSA) is 77.8 Å². The van der Waals surface area contributed by atoms with Crippen LogP contribution in [0.3, 0.4) is 0 Å². The van der Waals surface area contributed by atoms with Crippen molar-refractivity contribution in [1.29, 1.82) is 0 Å². The van der Waals surface area contributed by atoms with E-state index in [1.54, 1.807) is 0 Å². The molecule has 0 heterocycles. The second kappa shape index (κ2) is 12.9. The minimum Gasteiger partial charge on any atom is -0.481 e. The van der Waals surface area contributed by atoms with E-state index in [4.69, 9.17) is 16.7 Å². The van der Waals surface area contributed by atoms with E-state index in [9.17, 15) is 15.0 Å². The first-order valence-corrected chi connectivity index (χ1v) is 12.4. The van der Waals surface area contributed by atoms with Crippen LogP contribution in [0.5, 0.6) is 0 Å². The summed E-state index contributed by atoms with van der Waals surface area (Å²) in [7, 11) is 0. The zero-order chi connectivity index (χ0) is 23.6. The van der Waals surface area contributed by atoms with E-state index < -0.39 is 18.2 Å². The van der Waals surface area contributed by atoms with Crippen molar-refractivity contribution < 1.29 is 20.1 Å². The number of aliphatic hydroxyl groups is 2. The molecule has 2 aromatic rings. The van der Waals surface area contributed by atoms with Gasteiger partial charge in [-0.1, -0.05) is 66.7 Å². The summed E-state index contributed by atoms with van der Waals surface area (Å²) in [5.74, 6) is -0.688. The lowest BCUT2D eigenvalue weighted by atomic mass is 9.84. The molecule has 1 fully saturated rings. The highest BCUT2D eigenvalue weighted by Crippen LogP contribution is 2.45. The predicted molar refractivity (Wildman–Crippen MR) is 133 cm³/mol. The normalized spacial score (nSPS) is 23.7. The smallest absolute Gasteiger partial charge is 0.303 e. The third-order valence-corrected chi connectivity index (χ3v) is 7.14. The summed E-state index contributed by atoms with van der Waals surface area (Å²) in [6.07, 6.45) is 8.54. The number of hydrogen-bond donors (Lipinski definition) is 3. The van der Waals surface area contributed by atoms with Gasteiger partial charge >= 0.3 is 5.97 Å². The average molecular weight is 471 g/mol. The maximum atomic E-state index is 10.7. The first-order valence-electron chi connectivity index (χ1n) is 12.0. The van der Waals surface area contributed by atoms with Gasteiger partial charge in [-0.15, -0.1) is 11.6 Å². The van der Waals surface area contributed by atoms with E-state index in [-0.39, 0.29) is 23.6 Å². The van der Waals surface area contributed by atoms with Crippen molar-refractivity contribution in [2.45, 2.75) is 74.9 Å². The van der Waals surface area contributed by atoms with Gasteiger partial charge in [0.2, 0.25) is 0 Å². The van der Waals surface area contributed by atoms with Crippen molar-refractivity contribution in [3.63, 3.8) is 0 Å². The molecule has 178 valence electrons. The number of halogens is 1. The number of carboxylic acids is 1. The molecule has 0 saturated heterocycles. The van der Waals surface area contributed by atoms with Crippen LogP contribution in [-0.2, 0) is 11.2 Å². The minimum atomic E-state index is -0.770. The number of aliphatic hydroxyl groups excluding tert-OH is 2. The molecule has 4 nitrogen and oxygen atoms in total. The van der Waals surface area contributed by atoms with Crippen LogP contribution in [0.4, 0.5) is 0 Å². The summed E-state index contributed by atoms with van der Waals surface area (Å²) in [6, 6.07) is 18.3. The van der Waals surface area contributed by atoms with E-state index in [0.717, 1.165) is 36.8 Å². The summed E-state index contributed by atoms with van der Waals surface area (Å²) >= 11 is 6.58. The van der Waals surface area contributed by atoms with E-state index in [1.807, 2.05) is 48.5 Å². The van der Waals surface area contributed by atoms with Crippen molar-refractivity contribution in [2.24, 2.45) is 5.92 Å². The third kappa shape index (κ3) is 7.70. The van der Waals surface area contributed by atoms with Crippen molar-refractivity contribution in [3.05, 3.63) is 83.4 Å². The monoisotopic (exact) mass is 470 g/mol. The summed E-state index contributed by atoms with van der Waals surface area (Å²) < 4.78 is 0. The van der Waals surface area contributed by atoms with Gasteiger partial charge in [0.05, 0.1) is 12.2 Å². The second-order valence-electron chi connectivity index (χ2n) is 9.06. The highest BCUT2D eigenvalue weighted by Gasteiger charge is 2.41. The number of alkyl halides is 1. The Bertz CT molecular complexity index is 881. The van der Waals surface area contributed by atoms with E-state index >= 15 is 0 Å². The quantitative estimate of drug-likeness (QED) is 0.201. The van der Waals surface area contributed by atoms with Gasteiger partial charge in [0.1, 0.15) is 0 Å². The lowest BCUT2D eigenvalue weighted by Crippen LogP contribution is -2.18. The number of aliphatic carboxylic acids is 1. The number of allylic oxidation sites excluding steroid dienone is 2. The molecule has 0 spiro atoms. The van der Waals surface area contributed by atoms with Gasteiger partial charge < -0.3 is 15.3 Å². The highest BCUT2D eigenvalue weighted by atomic mass is 35.5. The Labute approximate surface area is 201 Å². The number of unbranched alkanes of at least 4 members (excludes halogenated alkanes) is 1. The van der Waals surface area contributed by atoms with Gasteiger partial charge in [0.25, 0.3) is 0 Å². The molecule has 0 radical (unpaired) electrons. The van der Waals surface area contributed by atoms with Crippen LogP contribution >= 0.6 is 11.6 Å². The number of benzene rings is 2. The summed E-state index contributed by atoms with van der Waals surface area (Å²) in [6.45, 7) is 0. The van der Waals surface area contributed by atoms with Crippen LogP contribution in [0.25, 0.3) is 0 Å². The minimum absolute atomic E-state index is 0.0413. The number of rotatable bonds is 12. The van der Waals surface area contributed by atoms with Gasteiger partial charge in [-0.25, -0.2) is 0 Å². The second-order valence-corrected chi connectivity index (χ2v) is 9.62. The first kappa shape index (κ1) is 25.5. The lowest BCUT2D eigenvalue weighted by Gasteiger charge is -2.23. The van der Waals surface area contributed by atoms with Crippen LogP contribution in [0.1, 0.15) is 73.7 Å². The molecule has 0 amide bonds. The van der Waals surface area contributed by atoms with Gasteiger partial charge in [-0.05, 0) is 67.6 Å². The maximum absolute atomic E-state index is 10.7. The van der Waals surface area contributed by atoms with Crippen LogP contribution in [0, 0.1) is 5.92 Å². The molecule has 1 saturated carbocycles. The molecule has 3 N–H and O–H groups in total. The molecule has 1 aliphatic rings. The van der Waals surface area contributed by atoms with Crippen LogP contribution in [0.2, 0.25) is 0 Å². The van der Waals surface area contributed by atoms with Crippen molar-refractivity contribution >= 4 is 17.6 Å². The number of hydrogen-bond acceptors (Lipinski definition) is 3. The van der Waals surface area contributed by atoms with E-state index in [1.165, 1.54) is 5.56 Å². The molecule has 5 heteroatoms.